The molecule has 0 heterocycles. The van der Waals surface area contributed by atoms with Crippen molar-refractivity contribution in [1.29, 1.82) is 0 Å². The van der Waals surface area contributed by atoms with E-state index in [9.17, 15) is 0 Å². The highest BCUT2D eigenvalue weighted by atomic mass is 127. The Morgan fingerprint density at radius 3 is 2.74 bits per heavy atom. The van der Waals surface area contributed by atoms with E-state index in [1.54, 1.807) is 11.1 Å². The second-order valence-corrected chi connectivity index (χ2v) is 7.22. The fraction of sp³-hybridized carbons (Fsp3) is 0.294. The van der Waals surface area contributed by atoms with Gasteiger partial charge in [0.05, 0.1) is 4.83 Å². The van der Waals surface area contributed by atoms with Gasteiger partial charge >= 0.3 is 0 Å². The van der Waals surface area contributed by atoms with Crippen LogP contribution in [0.25, 0.3) is 0 Å². The van der Waals surface area contributed by atoms with E-state index in [0.717, 1.165) is 0 Å². The molecule has 2 aromatic carbocycles. The first-order chi connectivity index (χ1) is 9.16. The minimum Gasteiger partial charge on any atom is -0.0786 e. The van der Waals surface area contributed by atoms with Crippen molar-refractivity contribution in [2.75, 3.05) is 0 Å². The summed E-state index contributed by atoms with van der Waals surface area (Å²) < 4.78 is 1.36. The van der Waals surface area contributed by atoms with Crippen LogP contribution < -0.4 is 0 Å². The number of alkyl halides is 1. The molecule has 0 aliphatic heterocycles. The van der Waals surface area contributed by atoms with E-state index in [1.165, 1.54) is 39.5 Å². The topological polar surface area (TPSA) is 0 Å². The molecule has 1 unspecified atom stereocenters. The molecule has 0 nitrogen and oxygen atoms in total. The molecule has 0 N–H and O–H groups in total. The number of benzene rings is 2. The Kier molecular flexibility index (Phi) is 3.99. The van der Waals surface area contributed by atoms with Crippen molar-refractivity contribution in [2.45, 2.75) is 31.0 Å². The standard InChI is InChI=1S/C17H16BrI/c1-11-4-2-7-15(17(11)19)16(18)14-9-8-12-5-3-6-13(12)10-14/h2,4,7-10,16H,3,5-6H2,1H3. The molecule has 0 bridgehead atoms. The predicted molar refractivity (Wildman–Crippen MR) is 93.1 cm³/mol. The van der Waals surface area contributed by atoms with Crippen molar-refractivity contribution in [3.05, 3.63) is 67.8 Å². The molecule has 0 saturated carbocycles. The van der Waals surface area contributed by atoms with Gasteiger partial charge in [-0.25, -0.2) is 0 Å². The smallest absolute Gasteiger partial charge is 0.0655 e. The third kappa shape index (κ3) is 2.62. The van der Waals surface area contributed by atoms with Crippen molar-refractivity contribution >= 4 is 38.5 Å². The SMILES string of the molecule is Cc1cccc(C(Br)c2ccc3c(c2)CCC3)c1I. The Balaban J connectivity index is 2.00. The summed E-state index contributed by atoms with van der Waals surface area (Å²) in [5.74, 6) is 0. The third-order valence-electron chi connectivity index (χ3n) is 3.91. The number of hydrogen-bond acceptors (Lipinski definition) is 0. The van der Waals surface area contributed by atoms with Crippen LogP contribution in [0.2, 0.25) is 0 Å². The van der Waals surface area contributed by atoms with Gasteiger partial charge in [0.15, 0.2) is 0 Å². The van der Waals surface area contributed by atoms with Crippen LogP contribution in [-0.4, -0.2) is 0 Å². The van der Waals surface area contributed by atoms with Gasteiger partial charge in [0, 0.05) is 3.57 Å². The summed E-state index contributed by atoms with van der Waals surface area (Å²) in [6.45, 7) is 2.17. The largest absolute Gasteiger partial charge is 0.0786 e. The zero-order valence-electron chi connectivity index (χ0n) is 10.9. The van der Waals surface area contributed by atoms with Crippen LogP contribution in [0.5, 0.6) is 0 Å². The summed E-state index contributed by atoms with van der Waals surface area (Å²) in [5.41, 5.74) is 7.19. The lowest BCUT2D eigenvalue weighted by Crippen LogP contribution is -1.98. The van der Waals surface area contributed by atoms with Crippen LogP contribution in [0, 0.1) is 10.5 Å². The number of hydrogen-bond donors (Lipinski definition) is 0. The second-order valence-electron chi connectivity index (χ2n) is 5.22. The van der Waals surface area contributed by atoms with Gasteiger partial charge in [-0.15, -0.1) is 0 Å². The lowest BCUT2D eigenvalue weighted by molar-refractivity contribution is 0.911. The van der Waals surface area contributed by atoms with Gasteiger partial charge in [-0.1, -0.05) is 52.3 Å². The maximum Gasteiger partial charge on any atom is 0.0655 e. The van der Waals surface area contributed by atoms with Crippen molar-refractivity contribution in [3.63, 3.8) is 0 Å². The number of rotatable bonds is 2. The zero-order valence-corrected chi connectivity index (χ0v) is 14.7. The Labute approximate surface area is 136 Å². The minimum atomic E-state index is 0.296. The van der Waals surface area contributed by atoms with Crippen LogP contribution in [0.4, 0.5) is 0 Å². The van der Waals surface area contributed by atoms with Gasteiger partial charge in [0.25, 0.3) is 0 Å². The quantitative estimate of drug-likeness (QED) is 0.434. The predicted octanol–water partition coefficient (Wildman–Crippen LogP) is 5.57. The fourth-order valence-electron chi connectivity index (χ4n) is 2.79. The van der Waals surface area contributed by atoms with E-state index in [2.05, 4.69) is 81.8 Å². The van der Waals surface area contributed by atoms with Gasteiger partial charge in [-0.2, -0.15) is 0 Å². The summed E-state index contributed by atoms with van der Waals surface area (Å²) in [6, 6.07) is 13.5. The fourth-order valence-corrected chi connectivity index (χ4v) is 4.56. The van der Waals surface area contributed by atoms with Gasteiger partial charge in [-0.3, -0.25) is 0 Å². The van der Waals surface area contributed by atoms with E-state index in [1.807, 2.05) is 0 Å². The van der Waals surface area contributed by atoms with Crippen LogP contribution >= 0.6 is 38.5 Å². The van der Waals surface area contributed by atoms with Crippen LogP contribution in [0.3, 0.4) is 0 Å². The molecule has 1 aliphatic carbocycles. The summed E-state index contributed by atoms with van der Waals surface area (Å²) >= 11 is 6.34. The van der Waals surface area contributed by atoms with Crippen molar-refractivity contribution in [3.8, 4) is 0 Å². The van der Waals surface area contributed by atoms with Crippen molar-refractivity contribution < 1.29 is 0 Å². The monoisotopic (exact) mass is 426 g/mol. The molecule has 3 rings (SSSR count). The number of fused-ring (bicyclic) bond motifs is 1. The van der Waals surface area contributed by atoms with Gasteiger partial charge in [-0.05, 0) is 76.6 Å². The Morgan fingerprint density at radius 2 is 1.89 bits per heavy atom. The maximum atomic E-state index is 3.88. The lowest BCUT2D eigenvalue weighted by Gasteiger charge is -2.15. The Hall–Kier alpha value is -0.350. The van der Waals surface area contributed by atoms with E-state index in [0.29, 0.717) is 4.83 Å². The molecular formula is C17H16BrI. The molecule has 1 atom stereocenters. The Morgan fingerprint density at radius 1 is 1.11 bits per heavy atom. The molecule has 1 aliphatic rings. The third-order valence-corrected chi connectivity index (χ3v) is 6.41. The van der Waals surface area contributed by atoms with E-state index in [-0.39, 0.29) is 0 Å². The van der Waals surface area contributed by atoms with Crippen LogP contribution in [0.1, 0.15) is 39.1 Å². The van der Waals surface area contributed by atoms with Crippen LogP contribution in [0.15, 0.2) is 36.4 Å². The molecule has 0 spiro atoms. The summed E-state index contributed by atoms with van der Waals surface area (Å²) in [6.07, 6.45) is 3.81. The summed E-state index contributed by atoms with van der Waals surface area (Å²) in [4.78, 5) is 0.296. The average Bonchev–Trinajstić information content (AvgIpc) is 2.88. The molecule has 2 heteroatoms. The van der Waals surface area contributed by atoms with E-state index >= 15 is 0 Å². The highest BCUT2D eigenvalue weighted by molar-refractivity contribution is 14.1. The van der Waals surface area contributed by atoms with Crippen LogP contribution in [-0.2, 0) is 12.8 Å². The molecule has 0 fully saturated rings. The highest BCUT2D eigenvalue weighted by Gasteiger charge is 2.17. The molecule has 0 aromatic heterocycles. The molecule has 2 aromatic rings. The average molecular weight is 427 g/mol. The van der Waals surface area contributed by atoms with Gasteiger partial charge in [0.1, 0.15) is 0 Å². The van der Waals surface area contributed by atoms with Gasteiger partial charge < -0.3 is 0 Å². The van der Waals surface area contributed by atoms with E-state index in [4.69, 9.17) is 0 Å². The minimum absolute atomic E-state index is 0.296. The molecule has 98 valence electrons. The van der Waals surface area contributed by atoms with Gasteiger partial charge in [0.2, 0.25) is 0 Å². The van der Waals surface area contributed by atoms with Crippen molar-refractivity contribution in [1.82, 2.24) is 0 Å². The Bertz CT molecular complexity index is 619. The lowest BCUT2D eigenvalue weighted by atomic mass is 9.99. The first kappa shape index (κ1) is 13.6. The summed E-state index contributed by atoms with van der Waals surface area (Å²) in [5, 5.41) is 0. The van der Waals surface area contributed by atoms with E-state index < -0.39 is 0 Å². The first-order valence-corrected chi connectivity index (χ1v) is 8.67. The maximum absolute atomic E-state index is 3.88. The molecular weight excluding hydrogens is 411 g/mol. The molecule has 0 saturated heterocycles. The first-order valence-electron chi connectivity index (χ1n) is 6.67. The molecule has 19 heavy (non-hydrogen) atoms. The van der Waals surface area contributed by atoms with Crippen molar-refractivity contribution in [2.24, 2.45) is 0 Å². The normalized spacial score (nSPS) is 15.3. The summed E-state index contributed by atoms with van der Waals surface area (Å²) in [7, 11) is 0. The zero-order chi connectivity index (χ0) is 13.4. The number of halogens is 2. The molecule has 0 radical (unpaired) electrons. The molecule has 0 amide bonds. The highest BCUT2D eigenvalue weighted by Crippen LogP contribution is 2.36. The number of aryl methyl sites for hydroxylation is 3. The second kappa shape index (κ2) is 5.57.